The molecule has 1 atom stereocenters. The molecular weight excluding hydrogens is 442 g/mol. The molecule has 3 aromatic rings. The molecule has 0 bridgehead atoms. The predicted octanol–water partition coefficient (Wildman–Crippen LogP) is 3.80. The van der Waals surface area contributed by atoms with E-state index in [0.29, 0.717) is 5.88 Å². The number of nitrogens with zero attached hydrogens (tertiary/aromatic N) is 4. The van der Waals surface area contributed by atoms with E-state index in [4.69, 9.17) is 15.2 Å². The fourth-order valence-corrected chi connectivity index (χ4v) is 5.42. The molecule has 1 aliphatic heterocycles. The van der Waals surface area contributed by atoms with Crippen molar-refractivity contribution < 1.29 is 14.3 Å². The standard InChI is InChI=1S/C27H31N5O3/c1-17-24(22-9-5-7-18-6-3-4-8-21(18)22)25(26(28)33)30-31-27(17)32-14-12-19(13-15-32)35-20-10-11-23(34-2)29-16-20/h3-4,6,8,10-11,16,19,22H,5,7,9,12-15H2,1-2H3,(H2,28,33)/t22-/m1/s1. The summed E-state index contributed by atoms with van der Waals surface area (Å²) >= 11 is 0. The van der Waals surface area contributed by atoms with Crippen LogP contribution in [0.2, 0.25) is 0 Å². The molecule has 1 amide bonds. The second kappa shape index (κ2) is 9.90. The summed E-state index contributed by atoms with van der Waals surface area (Å²) in [7, 11) is 1.60. The lowest BCUT2D eigenvalue weighted by Crippen LogP contribution is -2.39. The van der Waals surface area contributed by atoms with Crippen LogP contribution in [-0.2, 0) is 6.42 Å². The van der Waals surface area contributed by atoms with Crippen molar-refractivity contribution in [3.63, 3.8) is 0 Å². The number of aromatic nitrogens is 3. The highest BCUT2D eigenvalue weighted by Gasteiger charge is 2.31. The summed E-state index contributed by atoms with van der Waals surface area (Å²) in [6, 6.07) is 12.2. The Bertz CT molecular complexity index is 1210. The number of primary amides is 1. The van der Waals surface area contributed by atoms with Crippen LogP contribution in [0.4, 0.5) is 5.82 Å². The summed E-state index contributed by atoms with van der Waals surface area (Å²) in [5.74, 6) is 1.71. The Labute approximate surface area is 205 Å². The SMILES string of the molecule is COc1ccc(OC2CCN(c3nnc(C(N)=O)c([C@@H]4CCCc5ccccc54)c3C)CC2)cn1. The van der Waals surface area contributed by atoms with Gasteiger partial charge in [0.2, 0.25) is 5.88 Å². The number of ether oxygens (including phenoxy) is 2. The van der Waals surface area contributed by atoms with E-state index in [2.05, 4.69) is 51.3 Å². The normalized spacial score (nSPS) is 18.1. The molecule has 0 radical (unpaired) electrons. The Morgan fingerprint density at radius 2 is 1.89 bits per heavy atom. The Hall–Kier alpha value is -3.68. The second-order valence-corrected chi connectivity index (χ2v) is 9.26. The van der Waals surface area contributed by atoms with Gasteiger partial charge in [0, 0.05) is 37.9 Å². The van der Waals surface area contributed by atoms with Gasteiger partial charge in [0.05, 0.1) is 13.3 Å². The molecule has 2 aromatic heterocycles. The van der Waals surface area contributed by atoms with E-state index < -0.39 is 5.91 Å². The van der Waals surface area contributed by atoms with Crippen LogP contribution in [0.3, 0.4) is 0 Å². The molecule has 8 heteroatoms. The first-order chi connectivity index (χ1) is 17.0. The molecule has 0 saturated carbocycles. The second-order valence-electron chi connectivity index (χ2n) is 9.26. The maximum absolute atomic E-state index is 12.3. The van der Waals surface area contributed by atoms with Crippen LogP contribution < -0.4 is 20.1 Å². The smallest absolute Gasteiger partial charge is 0.269 e. The van der Waals surface area contributed by atoms with E-state index in [1.165, 1.54) is 11.1 Å². The number of anilines is 1. The van der Waals surface area contributed by atoms with Gasteiger partial charge in [-0.3, -0.25) is 4.79 Å². The minimum atomic E-state index is -0.523. The number of fused-ring (bicyclic) bond motifs is 1. The zero-order valence-corrected chi connectivity index (χ0v) is 20.2. The van der Waals surface area contributed by atoms with E-state index >= 15 is 0 Å². The van der Waals surface area contributed by atoms with Gasteiger partial charge in [-0.2, -0.15) is 0 Å². The quantitative estimate of drug-likeness (QED) is 0.581. The molecule has 0 spiro atoms. The topological polar surface area (TPSA) is 103 Å². The maximum Gasteiger partial charge on any atom is 0.269 e. The Morgan fingerprint density at radius 1 is 1.09 bits per heavy atom. The highest BCUT2D eigenvalue weighted by Crippen LogP contribution is 2.41. The number of carbonyl (C=O) groups excluding carboxylic acids is 1. The van der Waals surface area contributed by atoms with Gasteiger partial charge in [0.15, 0.2) is 11.5 Å². The van der Waals surface area contributed by atoms with Crippen molar-refractivity contribution in [2.75, 3.05) is 25.1 Å². The maximum atomic E-state index is 12.3. The van der Waals surface area contributed by atoms with E-state index in [-0.39, 0.29) is 17.7 Å². The average Bonchev–Trinajstić information content (AvgIpc) is 2.89. The van der Waals surface area contributed by atoms with E-state index in [1.54, 1.807) is 19.4 Å². The summed E-state index contributed by atoms with van der Waals surface area (Å²) in [6.07, 6.45) is 6.59. The first-order valence-corrected chi connectivity index (χ1v) is 12.2. The van der Waals surface area contributed by atoms with Crippen LogP contribution in [0.15, 0.2) is 42.6 Å². The lowest BCUT2D eigenvalue weighted by atomic mass is 9.77. The molecule has 182 valence electrons. The molecule has 1 aromatic carbocycles. The fourth-order valence-electron chi connectivity index (χ4n) is 5.42. The van der Waals surface area contributed by atoms with Crippen LogP contribution in [0.1, 0.15) is 64.3 Å². The molecule has 0 unspecified atom stereocenters. The third kappa shape index (κ3) is 4.65. The fraction of sp³-hybridized carbons (Fsp3) is 0.407. The molecule has 2 aliphatic rings. The molecule has 5 rings (SSSR count). The number of methoxy groups -OCH3 is 1. The van der Waals surface area contributed by atoms with Gasteiger partial charge >= 0.3 is 0 Å². The first kappa shape index (κ1) is 23.1. The summed E-state index contributed by atoms with van der Waals surface area (Å²) < 4.78 is 11.3. The number of carbonyl (C=O) groups is 1. The summed E-state index contributed by atoms with van der Waals surface area (Å²) in [4.78, 5) is 18.8. The van der Waals surface area contributed by atoms with Crippen LogP contribution in [0.25, 0.3) is 0 Å². The van der Waals surface area contributed by atoms with Crippen molar-refractivity contribution in [2.24, 2.45) is 5.73 Å². The Kier molecular flexibility index (Phi) is 6.53. The van der Waals surface area contributed by atoms with Crippen molar-refractivity contribution in [2.45, 2.75) is 51.0 Å². The monoisotopic (exact) mass is 473 g/mol. The number of hydrogen-bond donors (Lipinski definition) is 1. The van der Waals surface area contributed by atoms with Crippen molar-refractivity contribution in [3.05, 3.63) is 70.5 Å². The van der Waals surface area contributed by atoms with Gasteiger partial charge < -0.3 is 20.1 Å². The summed E-state index contributed by atoms with van der Waals surface area (Å²) in [6.45, 7) is 3.63. The lowest BCUT2D eigenvalue weighted by Gasteiger charge is -2.35. The van der Waals surface area contributed by atoms with Crippen molar-refractivity contribution in [1.29, 1.82) is 0 Å². The number of pyridine rings is 1. The Balaban J connectivity index is 1.37. The molecule has 3 heterocycles. The average molecular weight is 474 g/mol. The van der Waals surface area contributed by atoms with E-state index in [0.717, 1.165) is 67.9 Å². The van der Waals surface area contributed by atoms with Gasteiger partial charge in [-0.15, -0.1) is 10.2 Å². The van der Waals surface area contributed by atoms with Gasteiger partial charge in [0.25, 0.3) is 5.91 Å². The molecule has 8 nitrogen and oxygen atoms in total. The third-order valence-corrected chi connectivity index (χ3v) is 7.15. The highest BCUT2D eigenvalue weighted by atomic mass is 16.5. The number of amides is 1. The summed E-state index contributed by atoms with van der Waals surface area (Å²) in [5, 5.41) is 8.82. The summed E-state index contributed by atoms with van der Waals surface area (Å²) in [5.41, 5.74) is 10.6. The molecule has 2 N–H and O–H groups in total. The third-order valence-electron chi connectivity index (χ3n) is 7.15. The minimum Gasteiger partial charge on any atom is -0.489 e. The molecule has 1 aliphatic carbocycles. The Morgan fingerprint density at radius 3 is 2.60 bits per heavy atom. The molecule has 35 heavy (non-hydrogen) atoms. The molecule has 1 saturated heterocycles. The van der Waals surface area contributed by atoms with Crippen LogP contribution in [-0.4, -0.2) is 47.4 Å². The van der Waals surface area contributed by atoms with E-state index in [9.17, 15) is 4.79 Å². The van der Waals surface area contributed by atoms with Gasteiger partial charge in [-0.05, 0) is 54.5 Å². The number of rotatable bonds is 6. The zero-order chi connectivity index (χ0) is 24.4. The van der Waals surface area contributed by atoms with Crippen molar-refractivity contribution in [3.8, 4) is 11.6 Å². The number of hydrogen-bond acceptors (Lipinski definition) is 7. The molecular formula is C27H31N5O3. The molecule has 1 fully saturated rings. The first-order valence-electron chi connectivity index (χ1n) is 12.2. The number of benzene rings is 1. The largest absolute Gasteiger partial charge is 0.489 e. The van der Waals surface area contributed by atoms with Gasteiger partial charge in [-0.1, -0.05) is 24.3 Å². The van der Waals surface area contributed by atoms with Gasteiger partial charge in [-0.25, -0.2) is 4.98 Å². The number of nitrogens with two attached hydrogens (primary N) is 1. The van der Waals surface area contributed by atoms with Crippen LogP contribution in [0, 0.1) is 6.92 Å². The van der Waals surface area contributed by atoms with E-state index in [1.807, 2.05) is 6.07 Å². The minimum absolute atomic E-state index is 0.0974. The van der Waals surface area contributed by atoms with Gasteiger partial charge in [0.1, 0.15) is 11.9 Å². The van der Waals surface area contributed by atoms with Crippen molar-refractivity contribution >= 4 is 11.7 Å². The lowest BCUT2D eigenvalue weighted by molar-refractivity contribution is 0.0993. The van der Waals surface area contributed by atoms with Crippen molar-refractivity contribution in [1.82, 2.24) is 15.2 Å². The number of piperidine rings is 1. The highest BCUT2D eigenvalue weighted by molar-refractivity contribution is 5.93. The predicted molar refractivity (Wildman–Crippen MR) is 133 cm³/mol. The zero-order valence-electron chi connectivity index (χ0n) is 20.2. The van der Waals surface area contributed by atoms with Crippen LogP contribution >= 0.6 is 0 Å². The number of aryl methyl sites for hydroxylation is 1. The van der Waals surface area contributed by atoms with Crippen LogP contribution in [0.5, 0.6) is 11.6 Å².